The van der Waals surface area contributed by atoms with Gasteiger partial charge in [-0.2, -0.15) is 0 Å². The van der Waals surface area contributed by atoms with Crippen molar-refractivity contribution in [1.29, 1.82) is 0 Å². The van der Waals surface area contributed by atoms with Crippen LogP contribution in [0.15, 0.2) is 30.3 Å². The first-order valence-electron chi connectivity index (χ1n) is 14.6. The Morgan fingerprint density at radius 2 is 1.50 bits per heavy atom. The first kappa shape index (κ1) is 31.4. The molecule has 0 radical (unpaired) electrons. The molecule has 7 heteroatoms. The highest BCUT2D eigenvalue weighted by atomic mass is 16.6. The van der Waals surface area contributed by atoms with E-state index in [0.717, 1.165) is 13.0 Å². The second-order valence-electron chi connectivity index (χ2n) is 10.0. The molecule has 3 N–H and O–H groups in total. The van der Waals surface area contributed by atoms with Crippen LogP contribution in [0.1, 0.15) is 108 Å². The van der Waals surface area contributed by atoms with Crippen molar-refractivity contribution in [2.75, 3.05) is 25.1 Å². The van der Waals surface area contributed by atoms with Crippen molar-refractivity contribution in [2.45, 2.75) is 104 Å². The summed E-state index contributed by atoms with van der Waals surface area (Å²) in [6.45, 7) is 7.84. The van der Waals surface area contributed by atoms with Crippen LogP contribution >= 0.6 is 0 Å². The van der Waals surface area contributed by atoms with Crippen LogP contribution in [-0.2, 0) is 9.47 Å². The lowest BCUT2D eigenvalue weighted by Gasteiger charge is -2.14. The van der Waals surface area contributed by atoms with Gasteiger partial charge in [0.2, 0.25) is 0 Å². The van der Waals surface area contributed by atoms with E-state index in [-0.39, 0.29) is 23.3 Å². The van der Waals surface area contributed by atoms with Gasteiger partial charge in [-0.1, -0.05) is 89.8 Å². The summed E-state index contributed by atoms with van der Waals surface area (Å²) in [7, 11) is 0. The molecule has 38 heavy (non-hydrogen) atoms. The highest BCUT2D eigenvalue weighted by molar-refractivity contribution is 6.08. The number of fused-ring (bicyclic) bond motifs is 1. The van der Waals surface area contributed by atoms with Crippen LogP contribution in [0.2, 0.25) is 0 Å². The van der Waals surface area contributed by atoms with Crippen LogP contribution in [-0.4, -0.2) is 43.0 Å². The summed E-state index contributed by atoms with van der Waals surface area (Å²) >= 11 is 0. The molecule has 0 saturated heterocycles. The molecule has 0 aliphatic heterocycles. The van der Waals surface area contributed by atoms with Crippen molar-refractivity contribution < 1.29 is 24.2 Å². The molecule has 0 bridgehead atoms. The van der Waals surface area contributed by atoms with Gasteiger partial charge in [-0.3, -0.25) is 10.1 Å². The van der Waals surface area contributed by atoms with Crippen LogP contribution in [0.3, 0.4) is 0 Å². The number of nitrogens with one attached hydrogen (secondary N) is 2. The van der Waals surface area contributed by atoms with Crippen LogP contribution in [0, 0.1) is 0 Å². The molecule has 2 aromatic rings. The fraction of sp³-hybridized carbons (Fsp3) is 0.613. The predicted molar refractivity (Wildman–Crippen MR) is 155 cm³/mol. The SMILES string of the molecule is CCCCCCCCCCCCOCCCNC(=O)c1ccc2c(NC(=O)OC(C)CC)cccc2c1O. The second kappa shape index (κ2) is 18.5. The molecule has 1 atom stereocenters. The highest BCUT2D eigenvalue weighted by Crippen LogP contribution is 2.33. The second-order valence-corrected chi connectivity index (χ2v) is 10.0. The van der Waals surface area contributed by atoms with Crippen molar-refractivity contribution in [3.8, 4) is 5.75 Å². The summed E-state index contributed by atoms with van der Waals surface area (Å²) in [5.41, 5.74) is 0.709. The Balaban J connectivity index is 1.67. The molecule has 0 heterocycles. The molecule has 7 nitrogen and oxygen atoms in total. The zero-order valence-corrected chi connectivity index (χ0v) is 23.7. The molecule has 1 unspecified atom stereocenters. The first-order chi connectivity index (χ1) is 18.5. The van der Waals surface area contributed by atoms with Gasteiger partial charge < -0.3 is 19.9 Å². The van der Waals surface area contributed by atoms with E-state index in [1.165, 1.54) is 57.8 Å². The summed E-state index contributed by atoms with van der Waals surface area (Å²) in [6, 6.07) is 8.45. The smallest absolute Gasteiger partial charge is 0.411 e. The Morgan fingerprint density at radius 3 is 2.18 bits per heavy atom. The lowest BCUT2D eigenvalue weighted by molar-refractivity contribution is 0.0937. The topological polar surface area (TPSA) is 96.9 Å². The number of carbonyl (C=O) groups excluding carboxylic acids is 2. The van der Waals surface area contributed by atoms with Gasteiger partial charge in [0.15, 0.2) is 0 Å². The van der Waals surface area contributed by atoms with E-state index in [9.17, 15) is 14.7 Å². The van der Waals surface area contributed by atoms with Crippen molar-refractivity contribution in [3.05, 3.63) is 35.9 Å². The molecule has 0 fully saturated rings. The first-order valence-corrected chi connectivity index (χ1v) is 14.6. The predicted octanol–water partition coefficient (Wildman–Crippen LogP) is 7.95. The third-order valence-corrected chi connectivity index (χ3v) is 6.79. The Hall–Kier alpha value is -2.80. The minimum atomic E-state index is -0.552. The Bertz CT molecular complexity index is 978. The molecule has 0 spiro atoms. The number of hydrogen-bond donors (Lipinski definition) is 3. The lowest BCUT2D eigenvalue weighted by Crippen LogP contribution is -2.25. The number of anilines is 1. The van der Waals surface area contributed by atoms with Crippen LogP contribution in [0.25, 0.3) is 10.8 Å². The Kier molecular flexibility index (Phi) is 15.3. The van der Waals surface area contributed by atoms with Crippen molar-refractivity contribution in [1.82, 2.24) is 5.32 Å². The summed E-state index contributed by atoms with van der Waals surface area (Å²) in [5.74, 6) is -0.454. The molecular weight excluding hydrogens is 480 g/mol. The average molecular weight is 529 g/mol. The van der Waals surface area contributed by atoms with E-state index in [2.05, 4.69) is 17.6 Å². The van der Waals surface area contributed by atoms with E-state index >= 15 is 0 Å². The zero-order chi connectivity index (χ0) is 27.6. The van der Waals surface area contributed by atoms with Gasteiger partial charge in [0, 0.05) is 30.5 Å². The average Bonchev–Trinajstić information content (AvgIpc) is 2.91. The van der Waals surface area contributed by atoms with Crippen molar-refractivity contribution >= 4 is 28.5 Å². The number of benzene rings is 2. The third kappa shape index (κ3) is 11.3. The number of carbonyl (C=O) groups is 2. The van der Waals surface area contributed by atoms with Crippen LogP contribution < -0.4 is 10.6 Å². The number of phenolic OH excluding ortho intramolecular Hbond substituents is 1. The van der Waals surface area contributed by atoms with E-state index < -0.39 is 6.09 Å². The highest BCUT2D eigenvalue weighted by Gasteiger charge is 2.16. The van der Waals surface area contributed by atoms with E-state index in [1.54, 1.807) is 30.3 Å². The molecule has 0 aromatic heterocycles. The van der Waals surface area contributed by atoms with Gasteiger partial charge >= 0.3 is 6.09 Å². The molecule has 2 amide bonds. The van der Waals surface area contributed by atoms with Gasteiger partial charge in [0.1, 0.15) is 11.9 Å². The lowest BCUT2D eigenvalue weighted by atomic mass is 10.0. The normalized spacial score (nSPS) is 11.9. The Labute approximate surface area is 228 Å². The number of amides is 2. The maximum atomic E-state index is 12.7. The van der Waals surface area contributed by atoms with E-state index in [0.29, 0.717) is 42.5 Å². The van der Waals surface area contributed by atoms with E-state index in [4.69, 9.17) is 9.47 Å². The van der Waals surface area contributed by atoms with E-state index in [1.807, 2.05) is 13.8 Å². The van der Waals surface area contributed by atoms with Gasteiger partial charge in [-0.15, -0.1) is 0 Å². The van der Waals surface area contributed by atoms with Crippen LogP contribution in [0.4, 0.5) is 10.5 Å². The summed E-state index contributed by atoms with van der Waals surface area (Å²) in [6.07, 6.45) is 13.7. The van der Waals surface area contributed by atoms with Gasteiger partial charge in [0.25, 0.3) is 5.91 Å². The summed E-state index contributed by atoms with van der Waals surface area (Å²) in [4.78, 5) is 24.8. The monoisotopic (exact) mass is 528 g/mol. The Morgan fingerprint density at radius 1 is 0.842 bits per heavy atom. The quantitative estimate of drug-likeness (QED) is 0.161. The van der Waals surface area contributed by atoms with Gasteiger partial charge in [0.05, 0.1) is 11.3 Å². The molecular formula is C31H48N2O5. The fourth-order valence-electron chi connectivity index (χ4n) is 4.30. The number of rotatable bonds is 19. The van der Waals surface area contributed by atoms with Crippen molar-refractivity contribution in [2.24, 2.45) is 0 Å². The standard InChI is InChI=1S/C31H48N2O5/c1-4-6-7-8-9-10-11-12-13-14-22-37-23-16-21-32-30(35)27-20-19-25-26(29(27)34)17-15-18-28(25)33-31(36)38-24(3)5-2/h15,17-20,24,34H,4-14,16,21-23H2,1-3H3,(H,32,35)(H,33,36). The summed E-state index contributed by atoms with van der Waals surface area (Å²) in [5, 5.41) is 17.4. The largest absolute Gasteiger partial charge is 0.506 e. The maximum Gasteiger partial charge on any atom is 0.411 e. The maximum absolute atomic E-state index is 12.7. The molecule has 2 rings (SSSR count). The van der Waals surface area contributed by atoms with Crippen LogP contribution in [0.5, 0.6) is 5.75 Å². The third-order valence-electron chi connectivity index (χ3n) is 6.79. The zero-order valence-electron chi connectivity index (χ0n) is 23.7. The molecule has 0 saturated carbocycles. The van der Waals surface area contributed by atoms with Gasteiger partial charge in [-0.25, -0.2) is 4.79 Å². The molecule has 0 aliphatic rings. The number of unbranched alkanes of at least 4 members (excludes halogenated alkanes) is 9. The minimum Gasteiger partial charge on any atom is -0.506 e. The number of ether oxygens (including phenoxy) is 2. The molecule has 0 aliphatic carbocycles. The number of hydrogen-bond acceptors (Lipinski definition) is 5. The number of phenols is 1. The fourth-order valence-corrected chi connectivity index (χ4v) is 4.30. The summed E-state index contributed by atoms with van der Waals surface area (Å²) < 4.78 is 11.0. The minimum absolute atomic E-state index is 0.115. The van der Waals surface area contributed by atoms with Crippen molar-refractivity contribution in [3.63, 3.8) is 0 Å². The molecule has 2 aromatic carbocycles. The van der Waals surface area contributed by atoms with Gasteiger partial charge in [-0.05, 0) is 38.3 Å². The molecule has 212 valence electrons. The number of aromatic hydroxyl groups is 1.